The molecular formula is C22H23N3O2. The predicted octanol–water partition coefficient (Wildman–Crippen LogP) is 4.32. The Morgan fingerprint density at radius 1 is 1.19 bits per heavy atom. The van der Waals surface area contributed by atoms with Crippen molar-refractivity contribution in [1.29, 1.82) is 0 Å². The summed E-state index contributed by atoms with van der Waals surface area (Å²) in [6, 6.07) is 15.9. The van der Waals surface area contributed by atoms with Gasteiger partial charge in [-0.25, -0.2) is 0 Å². The number of aryl methyl sites for hydroxylation is 1. The second kappa shape index (κ2) is 7.37. The number of nitrogens with zero attached hydrogens (tertiary/aromatic N) is 2. The molecule has 1 N–H and O–H groups in total. The van der Waals surface area contributed by atoms with E-state index in [1.54, 1.807) is 0 Å². The van der Waals surface area contributed by atoms with E-state index < -0.39 is 0 Å². The molecule has 0 radical (unpaired) electrons. The molecule has 1 saturated heterocycles. The molecule has 2 heterocycles. The van der Waals surface area contributed by atoms with E-state index >= 15 is 0 Å². The molecule has 0 amide bonds. The normalized spacial score (nSPS) is 17.1. The van der Waals surface area contributed by atoms with Crippen LogP contribution in [0.25, 0.3) is 10.9 Å². The van der Waals surface area contributed by atoms with Gasteiger partial charge >= 0.3 is 0 Å². The zero-order valence-electron chi connectivity index (χ0n) is 15.6. The number of rotatable bonds is 4. The van der Waals surface area contributed by atoms with Crippen molar-refractivity contribution in [3.63, 3.8) is 0 Å². The van der Waals surface area contributed by atoms with E-state index in [0.717, 1.165) is 54.0 Å². The van der Waals surface area contributed by atoms with Gasteiger partial charge in [0.2, 0.25) is 0 Å². The Morgan fingerprint density at radius 2 is 2.00 bits per heavy atom. The number of anilines is 3. The minimum Gasteiger partial charge on any atom is -0.375 e. The number of carbonyl (C=O) groups is 1. The monoisotopic (exact) mass is 361 g/mol. The first-order chi connectivity index (χ1) is 13.1. The summed E-state index contributed by atoms with van der Waals surface area (Å²) < 4.78 is 5.66. The lowest BCUT2D eigenvalue weighted by molar-refractivity contribution is 0.0532. The number of hydrogen-bond acceptors (Lipinski definition) is 5. The third-order valence-corrected chi connectivity index (χ3v) is 4.85. The van der Waals surface area contributed by atoms with Gasteiger partial charge in [-0.15, -0.1) is 0 Å². The molecule has 2 aromatic carbocycles. The van der Waals surface area contributed by atoms with Gasteiger partial charge in [-0.05, 0) is 62.4 Å². The van der Waals surface area contributed by atoms with Crippen LogP contribution in [0.3, 0.4) is 0 Å². The van der Waals surface area contributed by atoms with Crippen LogP contribution < -0.4 is 10.2 Å². The number of carbonyl (C=O) groups excluding carboxylic acids is 1. The number of aldehydes is 1. The number of aromatic nitrogens is 1. The highest BCUT2D eigenvalue weighted by molar-refractivity contribution is 5.95. The van der Waals surface area contributed by atoms with E-state index in [-0.39, 0.29) is 6.10 Å². The maximum absolute atomic E-state index is 10.9. The first-order valence-corrected chi connectivity index (χ1v) is 9.22. The number of ether oxygens (including phenoxy) is 1. The maximum atomic E-state index is 10.9. The lowest BCUT2D eigenvalue weighted by atomic mass is 10.1. The predicted molar refractivity (Wildman–Crippen MR) is 109 cm³/mol. The topological polar surface area (TPSA) is 54.5 Å². The Labute approximate surface area is 159 Å². The Bertz CT molecular complexity index is 969. The Morgan fingerprint density at radius 3 is 2.74 bits per heavy atom. The highest BCUT2D eigenvalue weighted by atomic mass is 16.5. The average Bonchev–Trinajstić information content (AvgIpc) is 2.68. The molecule has 0 saturated carbocycles. The number of morpholine rings is 1. The zero-order valence-corrected chi connectivity index (χ0v) is 15.6. The molecule has 1 aromatic heterocycles. The summed E-state index contributed by atoms with van der Waals surface area (Å²) in [5, 5.41) is 4.56. The van der Waals surface area contributed by atoms with Crippen molar-refractivity contribution in [2.24, 2.45) is 0 Å². The molecule has 0 unspecified atom stereocenters. The van der Waals surface area contributed by atoms with Crippen molar-refractivity contribution in [3.05, 3.63) is 59.8 Å². The summed E-state index contributed by atoms with van der Waals surface area (Å²) in [6.07, 6.45) is 1.09. The number of nitrogens with one attached hydrogen (secondary N) is 1. The molecule has 1 aliphatic rings. The van der Waals surface area contributed by atoms with Gasteiger partial charge in [-0.2, -0.15) is 0 Å². The second-order valence-corrected chi connectivity index (χ2v) is 7.00. The largest absolute Gasteiger partial charge is 0.375 e. The molecule has 1 aliphatic heterocycles. The number of hydrogen-bond donors (Lipinski definition) is 1. The molecule has 4 rings (SSSR count). The van der Waals surface area contributed by atoms with Crippen molar-refractivity contribution in [3.8, 4) is 0 Å². The SMILES string of the molecule is Cc1cc(Nc2ccc(C=O)cc2)c2cc(N3CCO[C@@H](C)C3)ccc2n1. The fraction of sp³-hybridized carbons (Fsp3) is 0.273. The average molecular weight is 361 g/mol. The van der Waals surface area contributed by atoms with E-state index in [1.807, 2.05) is 31.2 Å². The molecule has 27 heavy (non-hydrogen) atoms. The van der Waals surface area contributed by atoms with Crippen LogP contribution in [0.1, 0.15) is 23.0 Å². The fourth-order valence-corrected chi connectivity index (χ4v) is 3.50. The minimum atomic E-state index is 0.236. The van der Waals surface area contributed by atoms with Gasteiger partial charge in [0.1, 0.15) is 6.29 Å². The third-order valence-electron chi connectivity index (χ3n) is 4.85. The summed E-state index contributed by atoms with van der Waals surface area (Å²) in [4.78, 5) is 17.9. The van der Waals surface area contributed by atoms with E-state index in [1.165, 1.54) is 5.69 Å². The highest BCUT2D eigenvalue weighted by Crippen LogP contribution is 2.30. The van der Waals surface area contributed by atoms with Crippen molar-refractivity contribution in [2.75, 3.05) is 29.9 Å². The second-order valence-electron chi connectivity index (χ2n) is 7.00. The van der Waals surface area contributed by atoms with Crippen LogP contribution in [0, 0.1) is 6.92 Å². The van der Waals surface area contributed by atoms with Crippen LogP contribution in [0.2, 0.25) is 0 Å². The van der Waals surface area contributed by atoms with Gasteiger partial charge in [0, 0.05) is 46.8 Å². The van der Waals surface area contributed by atoms with Gasteiger partial charge < -0.3 is 15.0 Å². The summed E-state index contributed by atoms with van der Waals surface area (Å²) >= 11 is 0. The highest BCUT2D eigenvalue weighted by Gasteiger charge is 2.18. The fourth-order valence-electron chi connectivity index (χ4n) is 3.50. The van der Waals surface area contributed by atoms with Crippen LogP contribution in [-0.2, 0) is 4.74 Å². The van der Waals surface area contributed by atoms with Gasteiger partial charge in [-0.3, -0.25) is 9.78 Å². The van der Waals surface area contributed by atoms with E-state index in [4.69, 9.17) is 4.74 Å². The van der Waals surface area contributed by atoms with E-state index in [9.17, 15) is 4.79 Å². The van der Waals surface area contributed by atoms with Crippen molar-refractivity contribution >= 4 is 34.3 Å². The number of pyridine rings is 1. The molecule has 0 aliphatic carbocycles. The molecule has 1 atom stereocenters. The molecular weight excluding hydrogens is 338 g/mol. The Balaban J connectivity index is 1.71. The smallest absolute Gasteiger partial charge is 0.150 e. The van der Waals surface area contributed by atoms with Crippen LogP contribution in [0.5, 0.6) is 0 Å². The molecule has 1 fully saturated rings. The standard InChI is InChI=1S/C22H23N3O2/c1-15-11-22(24-18-5-3-17(14-26)4-6-18)20-12-19(7-8-21(20)23-15)25-9-10-27-16(2)13-25/h3-8,11-12,14,16H,9-10,13H2,1-2H3,(H,23,24)/t16-/m0/s1. The Kier molecular flexibility index (Phi) is 4.77. The zero-order chi connectivity index (χ0) is 18.8. The lowest BCUT2D eigenvalue weighted by Gasteiger charge is -2.33. The van der Waals surface area contributed by atoms with Crippen LogP contribution in [0.4, 0.5) is 17.1 Å². The summed E-state index contributed by atoms with van der Waals surface area (Å²) in [5.41, 5.74) is 5.73. The molecule has 5 nitrogen and oxygen atoms in total. The Hall–Kier alpha value is -2.92. The molecule has 5 heteroatoms. The van der Waals surface area contributed by atoms with Gasteiger partial charge in [0.25, 0.3) is 0 Å². The van der Waals surface area contributed by atoms with Crippen molar-refractivity contribution in [1.82, 2.24) is 4.98 Å². The van der Waals surface area contributed by atoms with Crippen molar-refractivity contribution in [2.45, 2.75) is 20.0 Å². The van der Waals surface area contributed by atoms with Crippen LogP contribution in [0.15, 0.2) is 48.5 Å². The summed E-state index contributed by atoms with van der Waals surface area (Å²) in [5.74, 6) is 0. The quantitative estimate of drug-likeness (QED) is 0.701. The van der Waals surface area contributed by atoms with E-state index in [2.05, 4.69) is 46.4 Å². The molecule has 3 aromatic rings. The molecule has 0 bridgehead atoms. The lowest BCUT2D eigenvalue weighted by Crippen LogP contribution is -2.41. The number of benzene rings is 2. The van der Waals surface area contributed by atoms with E-state index in [0.29, 0.717) is 5.56 Å². The summed E-state index contributed by atoms with van der Waals surface area (Å²) in [6.45, 7) is 6.64. The van der Waals surface area contributed by atoms with Gasteiger partial charge in [-0.1, -0.05) is 0 Å². The van der Waals surface area contributed by atoms with Gasteiger partial charge in [0.15, 0.2) is 0 Å². The molecule has 0 spiro atoms. The van der Waals surface area contributed by atoms with Gasteiger partial charge in [0.05, 0.1) is 18.2 Å². The first kappa shape index (κ1) is 17.5. The summed E-state index contributed by atoms with van der Waals surface area (Å²) in [7, 11) is 0. The first-order valence-electron chi connectivity index (χ1n) is 9.22. The van der Waals surface area contributed by atoms with Crippen LogP contribution >= 0.6 is 0 Å². The minimum absolute atomic E-state index is 0.236. The third kappa shape index (κ3) is 3.78. The molecule has 138 valence electrons. The van der Waals surface area contributed by atoms with Crippen LogP contribution in [-0.4, -0.2) is 37.1 Å². The number of fused-ring (bicyclic) bond motifs is 1. The van der Waals surface area contributed by atoms with Crippen molar-refractivity contribution < 1.29 is 9.53 Å². The maximum Gasteiger partial charge on any atom is 0.150 e.